The summed E-state index contributed by atoms with van der Waals surface area (Å²) in [7, 11) is 0. The summed E-state index contributed by atoms with van der Waals surface area (Å²) in [6, 6.07) is 10.0. The monoisotopic (exact) mass is 418 g/mol. The van der Waals surface area contributed by atoms with E-state index in [1.807, 2.05) is 51.1 Å². The minimum Gasteiger partial charge on any atom is -0.458 e. The molecule has 0 aliphatic carbocycles. The van der Waals surface area contributed by atoms with Crippen molar-refractivity contribution in [2.45, 2.75) is 70.3 Å². The van der Waals surface area contributed by atoms with Crippen molar-refractivity contribution in [2.75, 3.05) is 26.2 Å². The fraction of sp³-hybridized carbons (Fsp3) is 0.652. The quantitative estimate of drug-likeness (QED) is 0.758. The molecule has 2 fully saturated rings. The molecule has 30 heavy (non-hydrogen) atoms. The molecule has 0 bridgehead atoms. The summed E-state index contributed by atoms with van der Waals surface area (Å²) in [6.07, 6.45) is 2.22. The highest BCUT2D eigenvalue weighted by molar-refractivity contribution is 5.79. The SMILES string of the molecule is CC(C)(C)OC(=O)C1(O)CCN(C2CCN(C(=O)OCc3ccccc3)CC2)CC1. The van der Waals surface area contributed by atoms with E-state index in [0.29, 0.717) is 45.1 Å². The van der Waals surface area contributed by atoms with Crippen molar-refractivity contribution in [3.63, 3.8) is 0 Å². The number of rotatable bonds is 4. The normalized spacial score (nSPS) is 20.6. The Balaban J connectivity index is 1.41. The number of carbonyl (C=O) groups excluding carboxylic acids is 2. The van der Waals surface area contributed by atoms with Crippen molar-refractivity contribution in [2.24, 2.45) is 0 Å². The van der Waals surface area contributed by atoms with Crippen molar-refractivity contribution < 1.29 is 24.2 Å². The number of likely N-dealkylation sites (tertiary alicyclic amines) is 2. The van der Waals surface area contributed by atoms with Crippen molar-refractivity contribution in [3.05, 3.63) is 35.9 Å². The third kappa shape index (κ3) is 5.95. The molecule has 166 valence electrons. The summed E-state index contributed by atoms with van der Waals surface area (Å²) in [5.74, 6) is -0.523. The molecule has 0 saturated carbocycles. The van der Waals surface area contributed by atoms with Crippen molar-refractivity contribution in [1.29, 1.82) is 0 Å². The number of amides is 1. The summed E-state index contributed by atoms with van der Waals surface area (Å²) in [6.45, 7) is 8.33. The number of hydrogen-bond donors (Lipinski definition) is 1. The van der Waals surface area contributed by atoms with Crippen LogP contribution < -0.4 is 0 Å². The molecule has 7 heteroatoms. The Labute approximate surface area is 178 Å². The molecule has 7 nitrogen and oxygen atoms in total. The Bertz CT molecular complexity index is 715. The molecule has 2 aliphatic heterocycles. The molecule has 2 aliphatic rings. The van der Waals surface area contributed by atoms with E-state index in [9.17, 15) is 14.7 Å². The average Bonchev–Trinajstić information content (AvgIpc) is 2.72. The van der Waals surface area contributed by atoms with Crippen molar-refractivity contribution >= 4 is 12.1 Å². The standard InChI is InChI=1S/C23H34N2O5/c1-22(2,3)30-20(26)23(28)11-15-24(16-12-23)19-9-13-25(14-10-19)21(27)29-17-18-7-5-4-6-8-18/h4-8,19,28H,9-17H2,1-3H3. The number of piperidine rings is 2. The van der Waals surface area contributed by atoms with Gasteiger partial charge in [0.25, 0.3) is 0 Å². The minimum absolute atomic E-state index is 0.268. The van der Waals surface area contributed by atoms with Gasteiger partial charge in [0.05, 0.1) is 0 Å². The Morgan fingerprint density at radius 2 is 1.67 bits per heavy atom. The molecular formula is C23H34N2O5. The Morgan fingerprint density at radius 3 is 2.23 bits per heavy atom. The molecule has 0 aromatic heterocycles. The second-order valence-electron chi connectivity index (χ2n) is 9.33. The molecular weight excluding hydrogens is 384 g/mol. The third-order valence-corrected chi connectivity index (χ3v) is 5.85. The van der Waals surface area contributed by atoms with Gasteiger partial charge in [-0.05, 0) is 52.0 Å². The first-order chi connectivity index (χ1) is 14.2. The molecule has 0 radical (unpaired) electrons. The van der Waals surface area contributed by atoms with Gasteiger partial charge in [-0.25, -0.2) is 9.59 Å². The largest absolute Gasteiger partial charge is 0.458 e. The van der Waals surface area contributed by atoms with Gasteiger partial charge >= 0.3 is 12.1 Å². The number of benzene rings is 1. The smallest absolute Gasteiger partial charge is 0.410 e. The lowest BCUT2D eigenvalue weighted by Gasteiger charge is -2.43. The van der Waals surface area contributed by atoms with Crippen LogP contribution >= 0.6 is 0 Å². The van der Waals surface area contributed by atoms with E-state index in [1.54, 1.807) is 4.90 Å². The van der Waals surface area contributed by atoms with Crippen LogP contribution in [0.2, 0.25) is 0 Å². The van der Waals surface area contributed by atoms with Gasteiger partial charge in [0.15, 0.2) is 5.60 Å². The number of carbonyl (C=O) groups is 2. The first-order valence-electron chi connectivity index (χ1n) is 10.8. The molecule has 3 rings (SSSR count). The number of hydrogen-bond acceptors (Lipinski definition) is 6. The van der Waals surface area contributed by atoms with Gasteiger partial charge in [0.2, 0.25) is 0 Å². The first-order valence-corrected chi connectivity index (χ1v) is 10.8. The zero-order chi connectivity index (χ0) is 21.8. The number of ether oxygens (including phenoxy) is 2. The lowest BCUT2D eigenvalue weighted by molar-refractivity contribution is -0.182. The molecule has 0 spiro atoms. The molecule has 2 heterocycles. The van der Waals surface area contributed by atoms with E-state index in [4.69, 9.17) is 9.47 Å². The van der Waals surface area contributed by atoms with Gasteiger partial charge in [-0.2, -0.15) is 0 Å². The second kappa shape index (κ2) is 9.35. The van der Waals surface area contributed by atoms with Crippen LogP contribution in [0.25, 0.3) is 0 Å². The number of aliphatic hydroxyl groups is 1. The maximum Gasteiger partial charge on any atom is 0.410 e. The van der Waals surface area contributed by atoms with Crippen molar-refractivity contribution in [3.8, 4) is 0 Å². The summed E-state index contributed by atoms with van der Waals surface area (Å²) >= 11 is 0. The van der Waals surface area contributed by atoms with Crippen LogP contribution in [-0.2, 0) is 20.9 Å². The zero-order valence-electron chi connectivity index (χ0n) is 18.3. The van der Waals surface area contributed by atoms with Gasteiger partial charge in [0, 0.05) is 32.2 Å². The van der Waals surface area contributed by atoms with E-state index in [0.717, 1.165) is 18.4 Å². The zero-order valence-corrected chi connectivity index (χ0v) is 18.3. The van der Waals surface area contributed by atoms with E-state index >= 15 is 0 Å². The molecule has 1 amide bonds. The molecule has 0 atom stereocenters. The Hall–Kier alpha value is -2.12. The number of nitrogens with zero attached hydrogens (tertiary/aromatic N) is 2. The summed E-state index contributed by atoms with van der Waals surface area (Å²) < 4.78 is 10.8. The summed E-state index contributed by atoms with van der Waals surface area (Å²) in [5, 5.41) is 10.7. The van der Waals surface area contributed by atoms with E-state index in [2.05, 4.69) is 4.90 Å². The van der Waals surface area contributed by atoms with Crippen LogP contribution in [-0.4, -0.2) is 70.4 Å². The van der Waals surface area contributed by atoms with E-state index < -0.39 is 17.2 Å². The van der Waals surface area contributed by atoms with Gasteiger partial charge in [-0.3, -0.25) is 0 Å². The highest BCUT2D eigenvalue weighted by Crippen LogP contribution is 2.29. The fourth-order valence-electron chi connectivity index (χ4n) is 4.06. The molecule has 0 unspecified atom stereocenters. The predicted molar refractivity (Wildman–Crippen MR) is 113 cm³/mol. The predicted octanol–water partition coefficient (Wildman–Crippen LogP) is 2.96. The topological polar surface area (TPSA) is 79.3 Å². The molecule has 2 saturated heterocycles. The van der Waals surface area contributed by atoms with Crippen LogP contribution in [0.15, 0.2) is 30.3 Å². The van der Waals surface area contributed by atoms with E-state index in [1.165, 1.54) is 0 Å². The summed E-state index contributed by atoms with van der Waals surface area (Å²) in [5.41, 5.74) is -1.02. The van der Waals surface area contributed by atoms with Gasteiger partial charge in [0.1, 0.15) is 12.2 Å². The lowest BCUT2D eigenvalue weighted by Crippen LogP contribution is -2.55. The molecule has 1 aromatic rings. The van der Waals surface area contributed by atoms with Gasteiger partial charge < -0.3 is 24.4 Å². The fourth-order valence-corrected chi connectivity index (χ4v) is 4.06. The van der Waals surface area contributed by atoms with Crippen LogP contribution in [0.3, 0.4) is 0 Å². The maximum atomic E-state index is 12.4. The average molecular weight is 419 g/mol. The Morgan fingerprint density at radius 1 is 1.07 bits per heavy atom. The van der Waals surface area contributed by atoms with Crippen LogP contribution in [0.1, 0.15) is 52.0 Å². The first kappa shape index (κ1) is 22.6. The van der Waals surface area contributed by atoms with Gasteiger partial charge in [-0.1, -0.05) is 30.3 Å². The highest BCUT2D eigenvalue weighted by Gasteiger charge is 2.43. The van der Waals surface area contributed by atoms with E-state index in [-0.39, 0.29) is 12.7 Å². The second-order valence-corrected chi connectivity index (χ2v) is 9.33. The molecule has 1 aromatic carbocycles. The minimum atomic E-state index is -1.40. The third-order valence-electron chi connectivity index (χ3n) is 5.85. The van der Waals surface area contributed by atoms with Crippen LogP contribution in [0, 0.1) is 0 Å². The Kier molecular flexibility index (Phi) is 7.03. The van der Waals surface area contributed by atoms with Crippen LogP contribution in [0.5, 0.6) is 0 Å². The summed E-state index contributed by atoms with van der Waals surface area (Å²) in [4.78, 5) is 28.8. The highest BCUT2D eigenvalue weighted by atomic mass is 16.6. The maximum absolute atomic E-state index is 12.4. The lowest BCUT2D eigenvalue weighted by atomic mass is 9.89. The van der Waals surface area contributed by atoms with Crippen molar-refractivity contribution in [1.82, 2.24) is 9.80 Å². The number of esters is 1. The van der Waals surface area contributed by atoms with Crippen LogP contribution in [0.4, 0.5) is 4.79 Å². The molecule has 1 N–H and O–H groups in total. The van der Waals surface area contributed by atoms with Gasteiger partial charge in [-0.15, -0.1) is 0 Å².